The van der Waals surface area contributed by atoms with Crippen LogP contribution in [0.5, 0.6) is 0 Å². The minimum atomic E-state index is 0.131. The van der Waals surface area contributed by atoms with Crippen LogP contribution in [0.3, 0.4) is 0 Å². The summed E-state index contributed by atoms with van der Waals surface area (Å²) in [6.07, 6.45) is 0. The highest BCUT2D eigenvalue weighted by molar-refractivity contribution is 7.80. The number of ether oxygens (including phenoxy) is 1. The SMILES string of the molecule is CC1(C)COC(=S)N(Cc2ccccc2N)C1. The number of rotatable bonds is 2. The van der Waals surface area contributed by atoms with Gasteiger partial charge in [0.1, 0.15) is 0 Å². The summed E-state index contributed by atoms with van der Waals surface area (Å²) in [5.41, 5.74) is 7.97. The molecular formula is C13H18N2OS. The Morgan fingerprint density at radius 1 is 1.41 bits per heavy atom. The third kappa shape index (κ3) is 2.88. The summed E-state index contributed by atoms with van der Waals surface area (Å²) in [6.45, 7) is 6.66. The van der Waals surface area contributed by atoms with E-state index in [2.05, 4.69) is 18.7 Å². The molecule has 17 heavy (non-hydrogen) atoms. The van der Waals surface area contributed by atoms with E-state index in [1.54, 1.807) is 0 Å². The van der Waals surface area contributed by atoms with Gasteiger partial charge in [-0.1, -0.05) is 32.0 Å². The molecule has 92 valence electrons. The van der Waals surface area contributed by atoms with Gasteiger partial charge in [0, 0.05) is 24.2 Å². The third-order valence-electron chi connectivity index (χ3n) is 2.88. The van der Waals surface area contributed by atoms with Crippen LogP contribution < -0.4 is 5.73 Å². The van der Waals surface area contributed by atoms with E-state index < -0.39 is 0 Å². The van der Waals surface area contributed by atoms with Gasteiger partial charge in [-0.25, -0.2) is 0 Å². The summed E-state index contributed by atoms with van der Waals surface area (Å²) in [6, 6.07) is 7.87. The molecule has 0 saturated carbocycles. The Morgan fingerprint density at radius 3 is 2.82 bits per heavy atom. The van der Waals surface area contributed by atoms with Gasteiger partial charge in [-0.05, 0) is 23.8 Å². The zero-order valence-electron chi connectivity index (χ0n) is 10.3. The molecule has 1 aromatic rings. The number of nitrogens with two attached hydrogens (primary N) is 1. The summed E-state index contributed by atoms with van der Waals surface area (Å²) in [5, 5.41) is 0.576. The van der Waals surface area contributed by atoms with E-state index in [9.17, 15) is 0 Å². The molecule has 0 unspecified atom stereocenters. The predicted molar refractivity (Wildman–Crippen MR) is 73.6 cm³/mol. The average Bonchev–Trinajstić information content (AvgIpc) is 2.26. The molecular weight excluding hydrogens is 232 g/mol. The van der Waals surface area contributed by atoms with Crippen molar-refractivity contribution in [3.63, 3.8) is 0 Å². The van der Waals surface area contributed by atoms with Gasteiger partial charge in [-0.15, -0.1) is 0 Å². The molecule has 0 aliphatic carbocycles. The first kappa shape index (κ1) is 12.2. The molecule has 2 rings (SSSR count). The second-order valence-corrected chi connectivity index (χ2v) is 5.62. The molecule has 1 fully saturated rings. The van der Waals surface area contributed by atoms with Gasteiger partial charge < -0.3 is 15.4 Å². The largest absolute Gasteiger partial charge is 0.470 e. The fraction of sp³-hybridized carbons (Fsp3) is 0.462. The molecule has 0 atom stereocenters. The van der Waals surface area contributed by atoms with Crippen molar-refractivity contribution in [2.24, 2.45) is 5.41 Å². The van der Waals surface area contributed by atoms with Gasteiger partial charge in [-0.2, -0.15) is 0 Å². The van der Waals surface area contributed by atoms with Crippen molar-refractivity contribution < 1.29 is 4.74 Å². The Labute approximate surface area is 108 Å². The van der Waals surface area contributed by atoms with Crippen LogP contribution in [-0.4, -0.2) is 23.2 Å². The summed E-state index contributed by atoms with van der Waals surface area (Å²) < 4.78 is 5.53. The normalized spacial score (nSPS) is 18.9. The number of benzene rings is 1. The molecule has 0 spiro atoms. The highest BCUT2D eigenvalue weighted by Crippen LogP contribution is 2.25. The van der Waals surface area contributed by atoms with E-state index in [0.29, 0.717) is 11.8 Å². The van der Waals surface area contributed by atoms with Crippen LogP contribution in [0.2, 0.25) is 0 Å². The zero-order chi connectivity index (χ0) is 12.5. The standard InChI is InChI=1S/C13H18N2OS/c1-13(2)8-15(12(17)16-9-13)7-10-5-3-4-6-11(10)14/h3-6H,7-9,14H2,1-2H3. The lowest BCUT2D eigenvalue weighted by molar-refractivity contribution is 0.0692. The van der Waals surface area contributed by atoms with E-state index in [-0.39, 0.29) is 5.41 Å². The summed E-state index contributed by atoms with van der Waals surface area (Å²) in [5.74, 6) is 0. The van der Waals surface area contributed by atoms with Crippen molar-refractivity contribution in [3.8, 4) is 0 Å². The number of anilines is 1. The van der Waals surface area contributed by atoms with Crippen molar-refractivity contribution in [2.75, 3.05) is 18.9 Å². The molecule has 2 N–H and O–H groups in total. The minimum absolute atomic E-state index is 0.131. The molecule has 1 aliphatic heterocycles. The molecule has 0 radical (unpaired) electrons. The molecule has 0 bridgehead atoms. The van der Waals surface area contributed by atoms with Gasteiger partial charge in [0.2, 0.25) is 0 Å². The van der Waals surface area contributed by atoms with Gasteiger partial charge in [0.05, 0.1) is 6.61 Å². The Kier molecular flexibility index (Phi) is 3.24. The topological polar surface area (TPSA) is 38.5 Å². The first-order chi connectivity index (χ1) is 7.98. The number of hydrogen-bond acceptors (Lipinski definition) is 3. The summed E-state index contributed by atoms with van der Waals surface area (Å²) in [7, 11) is 0. The first-order valence-electron chi connectivity index (χ1n) is 5.73. The molecule has 1 aliphatic rings. The molecule has 3 nitrogen and oxygen atoms in total. The Hall–Kier alpha value is -1.29. The first-order valence-corrected chi connectivity index (χ1v) is 6.14. The van der Waals surface area contributed by atoms with Gasteiger partial charge in [0.15, 0.2) is 0 Å². The number of hydrogen-bond donors (Lipinski definition) is 1. The maximum atomic E-state index is 5.94. The van der Waals surface area contributed by atoms with Crippen molar-refractivity contribution in [2.45, 2.75) is 20.4 Å². The lowest BCUT2D eigenvalue weighted by atomic mass is 9.93. The highest BCUT2D eigenvalue weighted by Gasteiger charge is 2.30. The average molecular weight is 250 g/mol. The van der Waals surface area contributed by atoms with Crippen molar-refractivity contribution in [1.29, 1.82) is 0 Å². The number of nitrogen functional groups attached to an aromatic ring is 1. The van der Waals surface area contributed by atoms with Crippen LogP contribution >= 0.6 is 12.2 Å². The zero-order valence-corrected chi connectivity index (χ0v) is 11.1. The third-order valence-corrected chi connectivity index (χ3v) is 3.26. The second kappa shape index (κ2) is 4.53. The van der Waals surface area contributed by atoms with E-state index >= 15 is 0 Å². The van der Waals surface area contributed by atoms with Gasteiger partial charge in [-0.3, -0.25) is 0 Å². The lowest BCUT2D eigenvalue weighted by Gasteiger charge is -2.39. The molecule has 4 heteroatoms. The lowest BCUT2D eigenvalue weighted by Crippen LogP contribution is -2.46. The predicted octanol–water partition coefficient (Wildman–Crippen LogP) is 2.41. The molecule has 0 aromatic heterocycles. The fourth-order valence-electron chi connectivity index (χ4n) is 1.98. The van der Waals surface area contributed by atoms with Crippen LogP contribution in [0.15, 0.2) is 24.3 Å². The maximum absolute atomic E-state index is 5.94. The summed E-state index contributed by atoms with van der Waals surface area (Å²) >= 11 is 5.23. The Balaban J connectivity index is 2.12. The van der Waals surface area contributed by atoms with E-state index in [1.807, 2.05) is 24.3 Å². The molecule has 1 aromatic carbocycles. The Bertz CT molecular complexity index is 431. The number of nitrogens with zero attached hydrogens (tertiary/aromatic N) is 1. The van der Waals surface area contributed by atoms with Crippen LogP contribution in [-0.2, 0) is 11.3 Å². The van der Waals surface area contributed by atoms with Crippen LogP contribution in [0.4, 0.5) is 5.69 Å². The quantitative estimate of drug-likeness (QED) is 0.646. The van der Waals surface area contributed by atoms with Crippen molar-refractivity contribution >= 4 is 23.1 Å². The monoisotopic (exact) mass is 250 g/mol. The van der Waals surface area contributed by atoms with Crippen LogP contribution in [0.25, 0.3) is 0 Å². The van der Waals surface area contributed by atoms with E-state index in [1.165, 1.54) is 0 Å². The van der Waals surface area contributed by atoms with Gasteiger partial charge in [0.25, 0.3) is 5.17 Å². The molecule has 1 saturated heterocycles. The fourth-order valence-corrected chi connectivity index (χ4v) is 2.17. The smallest absolute Gasteiger partial charge is 0.259 e. The Morgan fingerprint density at radius 2 is 2.12 bits per heavy atom. The van der Waals surface area contributed by atoms with Gasteiger partial charge >= 0.3 is 0 Å². The van der Waals surface area contributed by atoms with Crippen LogP contribution in [0, 0.1) is 5.41 Å². The number of thiocarbonyl (C=S) groups is 1. The van der Waals surface area contributed by atoms with E-state index in [4.69, 9.17) is 22.7 Å². The summed E-state index contributed by atoms with van der Waals surface area (Å²) in [4.78, 5) is 2.07. The number of para-hydroxylation sites is 1. The highest BCUT2D eigenvalue weighted by atomic mass is 32.1. The van der Waals surface area contributed by atoms with Crippen molar-refractivity contribution in [1.82, 2.24) is 4.90 Å². The van der Waals surface area contributed by atoms with E-state index in [0.717, 1.165) is 24.3 Å². The maximum Gasteiger partial charge on any atom is 0.259 e. The van der Waals surface area contributed by atoms with Crippen LogP contribution in [0.1, 0.15) is 19.4 Å². The van der Waals surface area contributed by atoms with Crippen molar-refractivity contribution in [3.05, 3.63) is 29.8 Å². The second-order valence-electron chi connectivity index (χ2n) is 5.27. The molecule has 0 amide bonds. The minimum Gasteiger partial charge on any atom is -0.470 e. The molecule has 1 heterocycles.